The first-order chi connectivity index (χ1) is 12.8. The molecule has 0 aromatic heterocycles. The highest BCUT2D eigenvalue weighted by atomic mass is 127. The van der Waals surface area contributed by atoms with Crippen LogP contribution in [0.4, 0.5) is 5.69 Å². The third-order valence-electron chi connectivity index (χ3n) is 5.43. The van der Waals surface area contributed by atoms with Gasteiger partial charge in [0.15, 0.2) is 0 Å². The summed E-state index contributed by atoms with van der Waals surface area (Å²) >= 11 is 6.02. The molecule has 1 aliphatic heterocycles. The molecule has 1 N–H and O–H groups in total. The predicted molar refractivity (Wildman–Crippen MR) is 110 cm³/mol. The van der Waals surface area contributed by atoms with Crippen LogP contribution in [0.25, 0.3) is 0 Å². The second-order valence-corrected chi connectivity index (χ2v) is 8.33. The summed E-state index contributed by atoms with van der Waals surface area (Å²) in [6.07, 6.45) is 2.22. The van der Waals surface area contributed by atoms with Gasteiger partial charge in [0.25, 0.3) is 5.91 Å². The second-order valence-electron chi connectivity index (χ2n) is 7.89. The second kappa shape index (κ2) is 10.1. The van der Waals surface area contributed by atoms with Gasteiger partial charge in [-0.05, 0) is 36.8 Å². The van der Waals surface area contributed by atoms with E-state index in [2.05, 4.69) is 31.5 Å². The number of rotatable bonds is 5. The summed E-state index contributed by atoms with van der Waals surface area (Å²) in [6.45, 7) is 4.59. The zero-order valence-electron chi connectivity index (χ0n) is 16.7. The van der Waals surface area contributed by atoms with Gasteiger partial charge in [-0.1, -0.05) is 29.8 Å². The molecule has 0 radical (unpaired) electrons. The van der Waals surface area contributed by atoms with Crippen LogP contribution in [0.15, 0.2) is 42.5 Å². The highest BCUT2D eigenvalue weighted by Crippen LogP contribution is 2.23. The molecule has 152 valence electrons. The molecule has 0 saturated carbocycles. The number of ether oxygens (including phenoxy) is 1. The summed E-state index contributed by atoms with van der Waals surface area (Å²) in [5.41, 5.74) is 3.57. The fourth-order valence-corrected chi connectivity index (χ4v) is 3.89. The molecule has 2 aromatic carbocycles. The molecule has 1 amide bonds. The van der Waals surface area contributed by atoms with Crippen molar-refractivity contribution in [1.29, 1.82) is 0 Å². The highest BCUT2D eigenvalue weighted by Gasteiger charge is 2.30. The number of hydrogen-bond donors (Lipinski definition) is 1. The molecular formula is C22H28ClIN2O2. The topological polar surface area (TPSA) is 38.3 Å². The minimum absolute atomic E-state index is 0. The zero-order chi connectivity index (χ0) is 19.4. The molecule has 1 aliphatic rings. The predicted octanol–water partition coefficient (Wildman–Crippen LogP) is 1.66. The van der Waals surface area contributed by atoms with Gasteiger partial charge in [-0.2, -0.15) is 0 Å². The van der Waals surface area contributed by atoms with E-state index in [4.69, 9.17) is 16.3 Å². The number of carbonyl (C=O) groups excluding carboxylic acids is 1. The molecule has 6 heteroatoms. The minimum atomic E-state index is -0.138. The fraction of sp³-hybridized carbons (Fsp3) is 0.409. The number of quaternary nitrogens is 1. The Morgan fingerprint density at radius 2 is 1.79 bits per heavy atom. The molecule has 1 heterocycles. The van der Waals surface area contributed by atoms with E-state index in [9.17, 15) is 4.79 Å². The van der Waals surface area contributed by atoms with E-state index in [1.807, 2.05) is 25.1 Å². The van der Waals surface area contributed by atoms with Gasteiger partial charge in [-0.15, -0.1) is 0 Å². The van der Waals surface area contributed by atoms with Crippen LogP contribution in [0.2, 0.25) is 5.02 Å². The summed E-state index contributed by atoms with van der Waals surface area (Å²) in [6, 6.07) is 14.1. The molecule has 0 unspecified atom stereocenters. The van der Waals surface area contributed by atoms with Crippen molar-refractivity contribution in [2.45, 2.75) is 32.4 Å². The van der Waals surface area contributed by atoms with Crippen LogP contribution in [0.1, 0.15) is 34.3 Å². The van der Waals surface area contributed by atoms with E-state index in [1.165, 1.54) is 5.56 Å². The van der Waals surface area contributed by atoms with Crippen LogP contribution in [-0.4, -0.2) is 43.7 Å². The van der Waals surface area contributed by atoms with E-state index in [0.717, 1.165) is 48.3 Å². The Morgan fingerprint density at radius 3 is 2.43 bits per heavy atom. The van der Waals surface area contributed by atoms with Crippen LogP contribution >= 0.6 is 11.6 Å². The molecule has 0 spiro atoms. The van der Waals surface area contributed by atoms with E-state index in [1.54, 1.807) is 12.1 Å². The Kier molecular flexibility index (Phi) is 8.30. The molecule has 4 nitrogen and oxygen atoms in total. The van der Waals surface area contributed by atoms with Crippen LogP contribution in [0.3, 0.4) is 0 Å². The summed E-state index contributed by atoms with van der Waals surface area (Å²) < 4.78 is 6.45. The summed E-state index contributed by atoms with van der Waals surface area (Å²) in [5.74, 6) is -0.138. The van der Waals surface area contributed by atoms with Gasteiger partial charge >= 0.3 is 0 Å². The third-order valence-corrected chi connectivity index (χ3v) is 5.66. The van der Waals surface area contributed by atoms with Crippen LogP contribution in [0.5, 0.6) is 0 Å². The van der Waals surface area contributed by atoms with Gasteiger partial charge in [-0.25, -0.2) is 0 Å². The Morgan fingerprint density at radius 1 is 1.14 bits per heavy atom. The maximum absolute atomic E-state index is 12.5. The first-order valence-corrected chi connectivity index (χ1v) is 9.80. The number of nitrogens with zero attached hydrogens (tertiary/aromatic N) is 1. The lowest BCUT2D eigenvalue weighted by Gasteiger charge is -2.40. The van der Waals surface area contributed by atoms with Crippen molar-refractivity contribution >= 4 is 23.2 Å². The lowest BCUT2D eigenvalue weighted by atomic mass is 10.0. The molecule has 28 heavy (non-hydrogen) atoms. The summed E-state index contributed by atoms with van der Waals surface area (Å²) in [7, 11) is 4.57. The van der Waals surface area contributed by atoms with Crippen molar-refractivity contribution in [3.8, 4) is 0 Å². The van der Waals surface area contributed by atoms with Crippen molar-refractivity contribution in [3.05, 3.63) is 64.2 Å². The Hall–Kier alpha value is -1.15. The number of halogens is 2. The maximum Gasteiger partial charge on any atom is 0.255 e. The molecule has 2 aromatic rings. The molecule has 1 fully saturated rings. The maximum atomic E-state index is 12.5. The average molecular weight is 515 g/mol. The first kappa shape index (κ1) is 23.1. The van der Waals surface area contributed by atoms with Crippen molar-refractivity contribution in [2.75, 3.05) is 32.6 Å². The monoisotopic (exact) mass is 514 g/mol. The van der Waals surface area contributed by atoms with Crippen molar-refractivity contribution in [1.82, 2.24) is 0 Å². The lowest BCUT2D eigenvalue weighted by Crippen LogP contribution is -3.00. The first-order valence-electron chi connectivity index (χ1n) is 9.42. The zero-order valence-corrected chi connectivity index (χ0v) is 19.6. The van der Waals surface area contributed by atoms with E-state index >= 15 is 0 Å². The number of nitrogens with one attached hydrogen (secondary N) is 1. The SMILES string of the molecule is Cc1ccc(Cl)cc1C(=O)Nc1ccc(C[N+](C)(C)C2CCOCC2)cc1.[I-]. The standard InChI is InChI=1S/C22H27ClN2O2.HI/c1-16-4-7-18(23)14-21(16)22(26)24-19-8-5-17(6-9-19)15-25(2,3)20-10-12-27-13-11-20;/h4-9,14,20H,10-13,15H2,1-3H3;1H. The smallest absolute Gasteiger partial charge is 0.255 e. The van der Waals surface area contributed by atoms with Gasteiger partial charge in [-0.3, -0.25) is 4.79 Å². The summed E-state index contributed by atoms with van der Waals surface area (Å²) in [5, 5.41) is 3.52. The van der Waals surface area contributed by atoms with Crippen LogP contribution in [0, 0.1) is 6.92 Å². The normalized spacial score (nSPS) is 15.0. The van der Waals surface area contributed by atoms with Gasteiger partial charge in [0.2, 0.25) is 0 Å². The molecule has 1 saturated heterocycles. The molecule has 0 bridgehead atoms. The third kappa shape index (κ3) is 5.92. The van der Waals surface area contributed by atoms with Crippen molar-refractivity contribution in [3.63, 3.8) is 0 Å². The largest absolute Gasteiger partial charge is 1.00 e. The average Bonchev–Trinajstić information content (AvgIpc) is 2.66. The molecular weight excluding hydrogens is 487 g/mol. The minimum Gasteiger partial charge on any atom is -1.00 e. The van der Waals surface area contributed by atoms with Crippen molar-refractivity contribution < 1.29 is 38.0 Å². The number of anilines is 1. The van der Waals surface area contributed by atoms with E-state index in [-0.39, 0.29) is 29.9 Å². The van der Waals surface area contributed by atoms with Crippen LogP contribution < -0.4 is 29.3 Å². The number of amides is 1. The van der Waals surface area contributed by atoms with E-state index < -0.39 is 0 Å². The Balaban J connectivity index is 0.00000280. The Labute approximate surface area is 189 Å². The molecule has 0 aliphatic carbocycles. The van der Waals surface area contributed by atoms with Gasteiger partial charge < -0.3 is 38.5 Å². The number of aryl methyl sites for hydroxylation is 1. The van der Waals surface area contributed by atoms with Crippen molar-refractivity contribution in [2.24, 2.45) is 0 Å². The van der Waals surface area contributed by atoms with E-state index in [0.29, 0.717) is 16.6 Å². The Bertz CT molecular complexity index is 803. The highest BCUT2D eigenvalue weighted by molar-refractivity contribution is 6.31. The molecule has 0 atom stereocenters. The fourth-order valence-electron chi connectivity index (χ4n) is 3.71. The van der Waals surface area contributed by atoms with Gasteiger partial charge in [0.05, 0.1) is 33.4 Å². The quantitative estimate of drug-likeness (QED) is 0.487. The number of benzene rings is 2. The van der Waals surface area contributed by atoms with Gasteiger partial charge in [0, 0.05) is 34.7 Å². The number of carbonyl (C=O) groups is 1. The molecule has 3 rings (SSSR count). The summed E-state index contributed by atoms with van der Waals surface area (Å²) in [4.78, 5) is 12.5. The lowest BCUT2D eigenvalue weighted by molar-refractivity contribution is -0.929. The van der Waals surface area contributed by atoms with Crippen LogP contribution in [-0.2, 0) is 11.3 Å². The van der Waals surface area contributed by atoms with Gasteiger partial charge in [0.1, 0.15) is 6.54 Å². The number of hydrogen-bond acceptors (Lipinski definition) is 2.